The molecule has 0 bridgehead atoms. The minimum absolute atomic E-state index is 0.119. The van der Waals surface area contributed by atoms with Crippen LogP contribution in [0.1, 0.15) is 32.6 Å². The van der Waals surface area contributed by atoms with Crippen molar-refractivity contribution in [2.24, 2.45) is 5.92 Å². The average molecular weight is 415 g/mol. The number of allylic oxidation sites excluding steroid dienone is 1. The highest BCUT2D eigenvalue weighted by molar-refractivity contribution is 6.32. The van der Waals surface area contributed by atoms with Crippen molar-refractivity contribution in [3.8, 4) is 11.5 Å². The van der Waals surface area contributed by atoms with E-state index < -0.39 is 41.0 Å². The third kappa shape index (κ3) is 6.24. The van der Waals surface area contributed by atoms with Gasteiger partial charge in [-0.3, -0.25) is 0 Å². The van der Waals surface area contributed by atoms with Crippen molar-refractivity contribution in [2.75, 3.05) is 6.61 Å². The summed E-state index contributed by atoms with van der Waals surface area (Å²) >= 11 is 5.78. The summed E-state index contributed by atoms with van der Waals surface area (Å²) in [7, 11) is 0. The molecule has 0 saturated carbocycles. The van der Waals surface area contributed by atoms with Gasteiger partial charge in [-0.2, -0.15) is 8.78 Å². The fraction of sp³-hybridized carbons (Fsp3) is 0.556. The Balaban J connectivity index is 2.03. The summed E-state index contributed by atoms with van der Waals surface area (Å²) < 4.78 is 81.2. The lowest BCUT2D eigenvalue weighted by atomic mass is 9.94. The van der Waals surface area contributed by atoms with Gasteiger partial charge < -0.3 is 14.2 Å². The van der Waals surface area contributed by atoms with Crippen LogP contribution in [0.3, 0.4) is 0 Å². The Bertz CT molecular complexity index is 623. The third-order valence-corrected chi connectivity index (χ3v) is 4.36. The van der Waals surface area contributed by atoms with Gasteiger partial charge in [-0.05, 0) is 25.2 Å². The zero-order chi connectivity index (χ0) is 20.0. The SMILES string of the molecule is CCCC1CCC(C(F)(F)Oc2cc(F)c(O/C=C/C(F)F)c(Cl)c2)OC1. The van der Waals surface area contributed by atoms with Crippen LogP contribution in [0.4, 0.5) is 22.0 Å². The Hall–Kier alpha value is -1.54. The summed E-state index contributed by atoms with van der Waals surface area (Å²) in [6.07, 6.45) is -4.41. The molecule has 1 saturated heterocycles. The Morgan fingerprint density at radius 3 is 2.63 bits per heavy atom. The Morgan fingerprint density at radius 1 is 1.33 bits per heavy atom. The summed E-state index contributed by atoms with van der Waals surface area (Å²) in [5.41, 5.74) is 0. The van der Waals surface area contributed by atoms with E-state index in [4.69, 9.17) is 16.3 Å². The maximum absolute atomic E-state index is 14.3. The van der Waals surface area contributed by atoms with Gasteiger partial charge in [-0.25, -0.2) is 13.2 Å². The van der Waals surface area contributed by atoms with E-state index in [0.717, 1.165) is 18.9 Å². The predicted octanol–water partition coefficient (Wildman–Crippen LogP) is 6.20. The molecular formula is C18H20ClF5O3. The molecule has 3 nitrogen and oxygen atoms in total. The smallest absolute Gasteiger partial charge is 0.424 e. The van der Waals surface area contributed by atoms with Gasteiger partial charge in [0.2, 0.25) is 0 Å². The van der Waals surface area contributed by atoms with Gasteiger partial charge in [0.05, 0.1) is 17.9 Å². The number of hydrogen-bond acceptors (Lipinski definition) is 3. The van der Waals surface area contributed by atoms with Crippen LogP contribution in [0.25, 0.3) is 0 Å². The molecule has 9 heteroatoms. The second-order valence-electron chi connectivity index (χ2n) is 6.21. The van der Waals surface area contributed by atoms with E-state index in [0.29, 0.717) is 24.8 Å². The first-order valence-corrected chi connectivity index (χ1v) is 8.89. The van der Waals surface area contributed by atoms with Gasteiger partial charge in [0.15, 0.2) is 17.7 Å². The van der Waals surface area contributed by atoms with Gasteiger partial charge in [0.1, 0.15) is 5.75 Å². The second-order valence-corrected chi connectivity index (χ2v) is 6.62. The molecule has 2 rings (SSSR count). The van der Waals surface area contributed by atoms with E-state index in [1.807, 2.05) is 6.92 Å². The molecule has 1 aromatic carbocycles. The molecule has 0 amide bonds. The first-order valence-electron chi connectivity index (χ1n) is 8.51. The first kappa shape index (κ1) is 21.8. The zero-order valence-corrected chi connectivity index (χ0v) is 15.3. The van der Waals surface area contributed by atoms with Crippen molar-refractivity contribution >= 4 is 11.6 Å². The molecular weight excluding hydrogens is 395 g/mol. The summed E-state index contributed by atoms with van der Waals surface area (Å²) in [6.45, 7) is 2.23. The van der Waals surface area contributed by atoms with E-state index in [9.17, 15) is 22.0 Å². The molecule has 27 heavy (non-hydrogen) atoms. The second kappa shape index (κ2) is 9.59. The van der Waals surface area contributed by atoms with Crippen LogP contribution in [0.15, 0.2) is 24.5 Å². The lowest BCUT2D eigenvalue weighted by Crippen LogP contribution is -2.44. The standard InChI is InChI=1S/C18H20ClF5O3/c1-2-3-11-4-5-15(26-10-11)18(23,24)27-12-8-13(19)17(14(20)9-12)25-7-6-16(21)22/h6-9,11,15-16H,2-5,10H2,1H3/b7-6+. The van der Waals surface area contributed by atoms with Crippen LogP contribution < -0.4 is 9.47 Å². The Labute approximate surface area is 159 Å². The van der Waals surface area contributed by atoms with Crippen LogP contribution in [0.5, 0.6) is 11.5 Å². The highest BCUT2D eigenvalue weighted by atomic mass is 35.5. The van der Waals surface area contributed by atoms with Gasteiger partial charge >= 0.3 is 6.11 Å². The maximum atomic E-state index is 14.3. The molecule has 1 aromatic rings. The lowest BCUT2D eigenvalue weighted by Gasteiger charge is -2.33. The minimum atomic E-state index is -3.68. The number of benzene rings is 1. The molecule has 2 atom stereocenters. The van der Waals surface area contributed by atoms with Gasteiger partial charge in [-0.1, -0.05) is 24.9 Å². The molecule has 152 valence electrons. The number of rotatable bonds is 8. The molecule has 0 radical (unpaired) electrons. The maximum Gasteiger partial charge on any atom is 0.424 e. The van der Waals surface area contributed by atoms with Crippen molar-refractivity contribution < 1.29 is 36.2 Å². The van der Waals surface area contributed by atoms with Crippen molar-refractivity contribution in [1.29, 1.82) is 0 Å². The molecule has 1 aliphatic heterocycles. The van der Waals surface area contributed by atoms with E-state index in [2.05, 4.69) is 9.47 Å². The van der Waals surface area contributed by atoms with Crippen LogP contribution in [-0.4, -0.2) is 25.2 Å². The van der Waals surface area contributed by atoms with Crippen molar-refractivity contribution in [2.45, 2.75) is 51.2 Å². The normalized spacial score (nSPS) is 21.0. The zero-order valence-electron chi connectivity index (χ0n) is 14.6. The van der Waals surface area contributed by atoms with Crippen molar-refractivity contribution in [1.82, 2.24) is 0 Å². The number of alkyl halides is 4. The van der Waals surface area contributed by atoms with E-state index in [1.54, 1.807) is 0 Å². The molecule has 1 heterocycles. The lowest BCUT2D eigenvalue weighted by molar-refractivity contribution is -0.265. The highest BCUT2D eigenvalue weighted by Gasteiger charge is 2.45. The van der Waals surface area contributed by atoms with Crippen LogP contribution in [0, 0.1) is 11.7 Å². The molecule has 2 unspecified atom stereocenters. The van der Waals surface area contributed by atoms with E-state index in [1.165, 1.54) is 0 Å². The fourth-order valence-corrected chi connectivity index (χ4v) is 3.05. The van der Waals surface area contributed by atoms with Crippen molar-refractivity contribution in [3.63, 3.8) is 0 Å². The summed E-state index contributed by atoms with van der Waals surface area (Å²) in [5.74, 6) is -1.97. The highest BCUT2D eigenvalue weighted by Crippen LogP contribution is 2.37. The van der Waals surface area contributed by atoms with Gasteiger partial charge in [0.25, 0.3) is 6.43 Å². The van der Waals surface area contributed by atoms with Crippen LogP contribution >= 0.6 is 11.6 Å². The molecule has 1 aliphatic rings. The quantitative estimate of drug-likeness (QED) is 0.374. The summed E-state index contributed by atoms with van der Waals surface area (Å²) in [5, 5.41) is -0.396. The first-order chi connectivity index (χ1) is 12.7. The van der Waals surface area contributed by atoms with Crippen molar-refractivity contribution in [3.05, 3.63) is 35.3 Å². The number of halogens is 6. The fourth-order valence-electron chi connectivity index (χ4n) is 2.80. The van der Waals surface area contributed by atoms with Crippen LogP contribution in [0.2, 0.25) is 5.02 Å². The minimum Gasteiger partial charge on any atom is -0.460 e. The van der Waals surface area contributed by atoms with Gasteiger partial charge in [0, 0.05) is 18.2 Å². The molecule has 0 N–H and O–H groups in total. The number of hydrogen-bond donors (Lipinski definition) is 0. The molecule has 0 aromatic heterocycles. The molecule has 1 fully saturated rings. The molecule has 0 aliphatic carbocycles. The largest absolute Gasteiger partial charge is 0.460 e. The summed E-state index contributed by atoms with van der Waals surface area (Å²) in [6, 6.07) is 1.57. The predicted molar refractivity (Wildman–Crippen MR) is 90.1 cm³/mol. The van der Waals surface area contributed by atoms with Crippen LogP contribution in [-0.2, 0) is 4.74 Å². The topological polar surface area (TPSA) is 27.7 Å². The van der Waals surface area contributed by atoms with Gasteiger partial charge in [-0.15, -0.1) is 0 Å². The third-order valence-electron chi connectivity index (χ3n) is 4.08. The molecule has 0 spiro atoms. The average Bonchev–Trinajstić information content (AvgIpc) is 2.57. The van der Waals surface area contributed by atoms with E-state index in [-0.39, 0.29) is 18.9 Å². The number of ether oxygens (including phenoxy) is 3. The Morgan fingerprint density at radius 2 is 2.07 bits per heavy atom. The summed E-state index contributed by atoms with van der Waals surface area (Å²) in [4.78, 5) is 0. The van der Waals surface area contributed by atoms with E-state index >= 15 is 0 Å². The monoisotopic (exact) mass is 414 g/mol. The Kier molecular flexibility index (Phi) is 7.73.